The highest BCUT2D eigenvalue weighted by Crippen LogP contribution is 2.12. The highest BCUT2D eigenvalue weighted by Gasteiger charge is 1.97. The van der Waals surface area contributed by atoms with Gasteiger partial charge in [-0.2, -0.15) is 0 Å². The molecule has 0 aromatic heterocycles. The number of carbonyl (C=O) groups excluding carboxylic acids is 1. The van der Waals surface area contributed by atoms with Gasteiger partial charge in [0.2, 0.25) is 0 Å². The minimum absolute atomic E-state index is 0.204. The normalized spacial score (nSPS) is 9.69. The first-order valence-electron chi connectivity index (χ1n) is 4.23. The number of carbonyl (C=O) groups is 1. The Kier molecular flexibility index (Phi) is 3.77. The number of Topliss-reactive ketones (excluding diaryl/α,β-unsaturated/α-hetero) is 1. The van der Waals surface area contributed by atoms with Crippen LogP contribution in [0.2, 0.25) is 5.02 Å². The zero-order valence-corrected chi connectivity index (χ0v) is 8.27. The molecule has 0 aliphatic rings. The maximum atomic E-state index is 11.0. The van der Waals surface area contributed by atoms with Crippen molar-refractivity contribution < 1.29 is 4.79 Å². The van der Waals surface area contributed by atoms with Crippen molar-refractivity contribution in [1.29, 1.82) is 0 Å². The SMILES string of the molecule is CCC(=O)CNc1ccc(Cl)cc1. The maximum Gasteiger partial charge on any atom is 0.151 e. The van der Waals surface area contributed by atoms with E-state index in [1.807, 2.05) is 19.1 Å². The van der Waals surface area contributed by atoms with Gasteiger partial charge in [0, 0.05) is 17.1 Å². The smallest absolute Gasteiger partial charge is 0.151 e. The number of ketones is 1. The zero-order valence-electron chi connectivity index (χ0n) is 7.51. The number of anilines is 1. The van der Waals surface area contributed by atoms with E-state index in [0.29, 0.717) is 18.0 Å². The summed E-state index contributed by atoms with van der Waals surface area (Å²) in [6.45, 7) is 2.24. The van der Waals surface area contributed by atoms with Crippen LogP contribution in [0.5, 0.6) is 0 Å². The molecule has 0 heterocycles. The third-order valence-corrected chi connectivity index (χ3v) is 1.98. The first-order chi connectivity index (χ1) is 6.22. The predicted octanol–water partition coefficient (Wildman–Crippen LogP) is 2.73. The Balaban J connectivity index is 2.46. The lowest BCUT2D eigenvalue weighted by Crippen LogP contribution is -2.11. The molecule has 2 nitrogen and oxygen atoms in total. The molecule has 0 spiro atoms. The van der Waals surface area contributed by atoms with E-state index in [1.54, 1.807) is 12.1 Å². The average Bonchev–Trinajstić information content (AvgIpc) is 2.16. The van der Waals surface area contributed by atoms with E-state index in [0.717, 1.165) is 5.69 Å². The molecule has 1 rings (SSSR count). The molecule has 0 saturated carbocycles. The Morgan fingerprint density at radius 1 is 1.38 bits per heavy atom. The van der Waals surface area contributed by atoms with Crippen molar-refractivity contribution in [2.45, 2.75) is 13.3 Å². The van der Waals surface area contributed by atoms with Crippen molar-refractivity contribution in [3.8, 4) is 0 Å². The van der Waals surface area contributed by atoms with Crippen molar-refractivity contribution in [1.82, 2.24) is 0 Å². The molecule has 0 fully saturated rings. The Morgan fingerprint density at radius 3 is 2.54 bits per heavy atom. The minimum atomic E-state index is 0.204. The number of hydrogen-bond acceptors (Lipinski definition) is 2. The molecule has 0 unspecified atom stereocenters. The zero-order chi connectivity index (χ0) is 9.68. The summed E-state index contributed by atoms with van der Waals surface area (Å²) in [5.41, 5.74) is 0.922. The summed E-state index contributed by atoms with van der Waals surface area (Å²) < 4.78 is 0. The third-order valence-electron chi connectivity index (χ3n) is 1.73. The summed E-state index contributed by atoms with van der Waals surface area (Å²) in [5.74, 6) is 0.204. The van der Waals surface area contributed by atoms with E-state index < -0.39 is 0 Å². The lowest BCUT2D eigenvalue weighted by molar-refractivity contribution is -0.117. The fraction of sp³-hybridized carbons (Fsp3) is 0.300. The highest BCUT2D eigenvalue weighted by atomic mass is 35.5. The van der Waals surface area contributed by atoms with Crippen LogP contribution in [0, 0.1) is 0 Å². The van der Waals surface area contributed by atoms with Gasteiger partial charge in [-0.05, 0) is 24.3 Å². The van der Waals surface area contributed by atoms with Crippen LogP contribution in [0.3, 0.4) is 0 Å². The maximum absolute atomic E-state index is 11.0. The summed E-state index contributed by atoms with van der Waals surface area (Å²) in [5, 5.41) is 3.72. The fourth-order valence-electron chi connectivity index (χ4n) is 0.893. The van der Waals surface area contributed by atoms with Crippen LogP contribution in [0.15, 0.2) is 24.3 Å². The van der Waals surface area contributed by atoms with Gasteiger partial charge >= 0.3 is 0 Å². The second-order valence-corrected chi connectivity index (χ2v) is 3.19. The first kappa shape index (κ1) is 10.1. The molecule has 1 N–H and O–H groups in total. The first-order valence-corrected chi connectivity index (χ1v) is 4.61. The molecule has 13 heavy (non-hydrogen) atoms. The number of benzene rings is 1. The van der Waals surface area contributed by atoms with E-state index in [1.165, 1.54) is 0 Å². The summed E-state index contributed by atoms with van der Waals surface area (Å²) in [6, 6.07) is 7.29. The van der Waals surface area contributed by atoms with E-state index in [4.69, 9.17) is 11.6 Å². The predicted molar refractivity (Wildman–Crippen MR) is 55.2 cm³/mol. The van der Waals surface area contributed by atoms with Gasteiger partial charge in [0.15, 0.2) is 5.78 Å². The standard InChI is InChI=1S/C10H12ClNO/c1-2-10(13)7-12-9-5-3-8(11)4-6-9/h3-6,12H,2,7H2,1H3. The summed E-state index contributed by atoms with van der Waals surface area (Å²) >= 11 is 5.71. The van der Waals surface area contributed by atoms with Gasteiger partial charge in [0.05, 0.1) is 6.54 Å². The van der Waals surface area contributed by atoms with Crippen LogP contribution in [0.4, 0.5) is 5.69 Å². The van der Waals surface area contributed by atoms with Crippen molar-refractivity contribution in [2.24, 2.45) is 0 Å². The number of halogens is 1. The number of hydrogen-bond donors (Lipinski definition) is 1. The van der Waals surface area contributed by atoms with Crippen LogP contribution >= 0.6 is 11.6 Å². The van der Waals surface area contributed by atoms with E-state index in [2.05, 4.69) is 5.32 Å². The highest BCUT2D eigenvalue weighted by molar-refractivity contribution is 6.30. The molecule has 0 radical (unpaired) electrons. The van der Waals surface area contributed by atoms with Crippen LogP contribution < -0.4 is 5.32 Å². The fourth-order valence-corrected chi connectivity index (χ4v) is 1.02. The number of rotatable bonds is 4. The van der Waals surface area contributed by atoms with E-state index in [9.17, 15) is 4.79 Å². The van der Waals surface area contributed by atoms with Gasteiger partial charge in [0.25, 0.3) is 0 Å². The Bertz CT molecular complexity index is 281. The molecule has 70 valence electrons. The van der Waals surface area contributed by atoms with Crippen molar-refractivity contribution in [3.05, 3.63) is 29.3 Å². The van der Waals surface area contributed by atoms with Crippen LogP contribution in [0.1, 0.15) is 13.3 Å². The molecule has 0 aliphatic heterocycles. The van der Waals surface area contributed by atoms with Gasteiger partial charge < -0.3 is 5.32 Å². The second kappa shape index (κ2) is 4.87. The van der Waals surface area contributed by atoms with Crippen molar-refractivity contribution >= 4 is 23.1 Å². The van der Waals surface area contributed by atoms with Crippen LogP contribution in [-0.2, 0) is 4.79 Å². The molecule has 0 aliphatic carbocycles. The van der Waals surface area contributed by atoms with Crippen LogP contribution in [-0.4, -0.2) is 12.3 Å². The molecule has 3 heteroatoms. The van der Waals surface area contributed by atoms with Gasteiger partial charge in [0.1, 0.15) is 0 Å². The van der Waals surface area contributed by atoms with E-state index >= 15 is 0 Å². The topological polar surface area (TPSA) is 29.1 Å². The molecule has 0 bridgehead atoms. The molecule has 0 saturated heterocycles. The third kappa shape index (κ3) is 3.47. The lowest BCUT2D eigenvalue weighted by Gasteiger charge is -2.03. The Morgan fingerprint density at radius 2 is 2.00 bits per heavy atom. The largest absolute Gasteiger partial charge is 0.378 e. The molecular formula is C10H12ClNO. The molecule has 0 atom stereocenters. The molecule has 1 aromatic rings. The quantitative estimate of drug-likeness (QED) is 0.804. The summed E-state index contributed by atoms with van der Waals surface area (Å²) in [6.07, 6.45) is 0.570. The molecule has 0 amide bonds. The molecule has 1 aromatic carbocycles. The van der Waals surface area contributed by atoms with Crippen molar-refractivity contribution in [2.75, 3.05) is 11.9 Å². The average molecular weight is 198 g/mol. The second-order valence-electron chi connectivity index (χ2n) is 2.75. The summed E-state index contributed by atoms with van der Waals surface area (Å²) in [4.78, 5) is 11.0. The van der Waals surface area contributed by atoms with E-state index in [-0.39, 0.29) is 5.78 Å². The molecular weight excluding hydrogens is 186 g/mol. The van der Waals surface area contributed by atoms with Gasteiger partial charge in [-0.15, -0.1) is 0 Å². The minimum Gasteiger partial charge on any atom is -0.378 e. The number of nitrogens with one attached hydrogen (secondary N) is 1. The monoisotopic (exact) mass is 197 g/mol. The summed E-state index contributed by atoms with van der Waals surface area (Å²) in [7, 11) is 0. The van der Waals surface area contributed by atoms with Gasteiger partial charge in [-0.3, -0.25) is 4.79 Å². The Labute approximate surface area is 82.9 Å². The van der Waals surface area contributed by atoms with Crippen molar-refractivity contribution in [3.63, 3.8) is 0 Å². The Hall–Kier alpha value is -1.02. The lowest BCUT2D eigenvalue weighted by atomic mass is 10.3. The van der Waals surface area contributed by atoms with Gasteiger partial charge in [-0.1, -0.05) is 18.5 Å². The van der Waals surface area contributed by atoms with Gasteiger partial charge in [-0.25, -0.2) is 0 Å². The van der Waals surface area contributed by atoms with Crippen LogP contribution in [0.25, 0.3) is 0 Å².